The van der Waals surface area contributed by atoms with Crippen molar-refractivity contribution in [2.75, 3.05) is 12.4 Å². The van der Waals surface area contributed by atoms with Gasteiger partial charge in [0.25, 0.3) is 6.43 Å². The van der Waals surface area contributed by atoms with E-state index < -0.39 is 25.0 Å². The monoisotopic (exact) mass is 199 g/mol. The molecule has 0 spiro atoms. The maximum absolute atomic E-state index is 11.5. The zero-order valence-corrected chi connectivity index (χ0v) is 7.27. The second-order valence-electron chi connectivity index (χ2n) is 2.14. The maximum atomic E-state index is 11.5. The summed E-state index contributed by atoms with van der Waals surface area (Å²) in [5.41, 5.74) is 5.25. The van der Waals surface area contributed by atoms with Crippen LogP contribution in [0.5, 0.6) is 0 Å². The van der Waals surface area contributed by atoms with E-state index in [-0.39, 0.29) is 0 Å². The summed E-state index contributed by atoms with van der Waals surface area (Å²) < 4.78 is 27.2. The molecule has 0 fully saturated rings. The van der Waals surface area contributed by atoms with E-state index in [1.165, 1.54) is 0 Å². The molecule has 72 valence electrons. The topological polar surface area (TPSA) is 52.3 Å². The molecule has 1 atom stereocenters. The second-order valence-corrected chi connectivity index (χ2v) is 2.59. The van der Waals surface area contributed by atoms with Crippen LogP contribution in [0.4, 0.5) is 8.78 Å². The molecule has 0 aromatic heterocycles. The van der Waals surface area contributed by atoms with E-state index in [0.717, 1.165) is 0 Å². The molecule has 0 aromatic carbocycles. The lowest BCUT2D eigenvalue weighted by molar-refractivity contribution is -0.149. The smallest absolute Gasteiger partial charge is 0.323 e. The number of nitrogens with two attached hydrogens (primary N) is 1. The Hall–Kier alpha value is -0.360. The Kier molecular flexibility index (Phi) is 6.00. The Morgan fingerprint density at radius 1 is 1.58 bits per heavy atom. The van der Waals surface area contributed by atoms with Crippen LogP contribution in [0.25, 0.3) is 0 Å². The van der Waals surface area contributed by atoms with Crippen molar-refractivity contribution < 1.29 is 18.3 Å². The maximum Gasteiger partial charge on any atom is 0.323 e. The lowest BCUT2D eigenvalue weighted by Crippen LogP contribution is -2.33. The van der Waals surface area contributed by atoms with Gasteiger partial charge in [0.05, 0.1) is 0 Å². The quantitative estimate of drug-likeness (QED) is 0.499. The Bertz CT molecular complexity index is 146. The average Bonchev–Trinajstić information content (AvgIpc) is 2.00. The van der Waals surface area contributed by atoms with Crippen molar-refractivity contribution in [3.05, 3.63) is 0 Å². The van der Waals surface area contributed by atoms with Crippen molar-refractivity contribution in [3.63, 3.8) is 0 Å². The molecule has 0 amide bonds. The molecule has 0 saturated heterocycles. The van der Waals surface area contributed by atoms with Gasteiger partial charge in [-0.25, -0.2) is 8.78 Å². The zero-order chi connectivity index (χ0) is 9.56. The lowest BCUT2D eigenvalue weighted by Gasteiger charge is -2.09. The van der Waals surface area contributed by atoms with Crippen LogP contribution in [0.15, 0.2) is 0 Å². The number of alkyl halides is 2. The summed E-state index contributed by atoms with van der Waals surface area (Å²) in [5, 5.41) is 0. The molecular formula is C6H11F2NO2S. The summed E-state index contributed by atoms with van der Waals surface area (Å²) >= 11 is 3.83. The van der Waals surface area contributed by atoms with E-state index in [9.17, 15) is 13.6 Å². The van der Waals surface area contributed by atoms with Crippen molar-refractivity contribution in [2.24, 2.45) is 5.73 Å². The van der Waals surface area contributed by atoms with Gasteiger partial charge in [0.15, 0.2) is 6.61 Å². The minimum absolute atomic E-state index is 0.325. The minimum Gasteiger partial charge on any atom is -0.458 e. The van der Waals surface area contributed by atoms with Crippen molar-refractivity contribution in [2.45, 2.75) is 18.9 Å². The van der Waals surface area contributed by atoms with Gasteiger partial charge in [0.2, 0.25) is 0 Å². The first kappa shape index (κ1) is 11.6. The lowest BCUT2D eigenvalue weighted by atomic mass is 10.2. The molecule has 0 radical (unpaired) electrons. The van der Waals surface area contributed by atoms with Crippen molar-refractivity contribution in [3.8, 4) is 0 Å². The molecule has 0 aromatic rings. The average molecular weight is 199 g/mol. The molecule has 3 nitrogen and oxygen atoms in total. The second kappa shape index (κ2) is 6.19. The fourth-order valence-corrected chi connectivity index (χ4v) is 0.787. The van der Waals surface area contributed by atoms with E-state index in [2.05, 4.69) is 17.4 Å². The SMILES string of the molecule is NC(CCS)C(=O)OCC(F)F. The number of halogens is 2. The molecule has 6 heteroatoms. The van der Waals surface area contributed by atoms with Gasteiger partial charge < -0.3 is 10.5 Å². The van der Waals surface area contributed by atoms with E-state index in [1.54, 1.807) is 0 Å². The third-order valence-corrected chi connectivity index (χ3v) is 1.35. The normalized spacial score (nSPS) is 13.1. The summed E-state index contributed by atoms with van der Waals surface area (Å²) in [6, 6.07) is -0.846. The van der Waals surface area contributed by atoms with Gasteiger partial charge in [-0.3, -0.25) is 4.79 Å². The van der Waals surface area contributed by atoms with Crippen LogP contribution in [0.3, 0.4) is 0 Å². The molecule has 0 heterocycles. The molecule has 12 heavy (non-hydrogen) atoms. The number of hydrogen-bond acceptors (Lipinski definition) is 4. The summed E-state index contributed by atoms with van der Waals surface area (Å²) in [6.07, 6.45) is -2.32. The fourth-order valence-electron chi connectivity index (χ4n) is 0.509. The Morgan fingerprint density at radius 2 is 2.17 bits per heavy atom. The predicted molar refractivity (Wildman–Crippen MR) is 43.4 cm³/mol. The highest BCUT2D eigenvalue weighted by Crippen LogP contribution is 1.97. The van der Waals surface area contributed by atoms with Gasteiger partial charge in [-0.2, -0.15) is 12.6 Å². The van der Waals surface area contributed by atoms with Gasteiger partial charge in [-0.05, 0) is 12.2 Å². The number of thiol groups is 1. The number of esters is 1. The van der Waals surface area contributed by atoms with Crippen LogP contribution >= 0.6 is 12.6 Å². The number of carbonyl (C=O) groups is 1. The van der Waals surface area contributed by atoms with Gasteiger partial charge in [0.1, 0.15) is 6.04 Å². The number of ether oxygens (including phenoxy) is 1. The Morgan fingerprint density at radius 3 is 2.58 bits per heavy atom. The molecule has 0 aliphatic rings. The van der Waals surface area contributed by atoms with E-state index in [1.807, 2.05) is 0 Å². The highest BCUT2D eigenvalue weighted by molar-refractivity contribution is 7.80. The Balaban J connectivity index is 3.57. The standard InChI is InChI=1S/C6H11F2NO2S/c7-5(8)3-11-6(10)4(9)1-2-12/h4-5,12H,1-3,9H2. The largest absolute Gasteiger partial charge is 0.458 e. The Labute approximate surface area is 74.7 Å². The van der Waals surface area contributed by atoms with Crippen LogP contribution in [0, 0.1) is 0 Å². The van der Waals surface area contributed by atoms with Gasteiger partial charge in [-0.1, -0.05) is 0 Å². The number of carbonyl (C=O) groups excluding carboxylic acids is 1. The fraction of sp³-hybridized carbons (Fsp3) is 0.833. The van der Waals surface area contributed by atoms with Gasteiger partial charge in [0, 0.05) is 0 Å². The summed E-state index contributed by atoms with van der Waals surface area (Å²) in [4.78, 5) is 10.7. The molecule has 2 N–H and O–H groups in total. The van der Waals surface area contributed by atoms with Crippen molar-refractivity contribution in [1.29, 1.82) is 0 Å². The first-order valence-corrected chi connectivity index (χ1v) is 4.02. The van der Waals surface area contributed by atoms with E-state index >= 15 is 0 Å². The third kappa shape index (κ3) is 5.31. The predicted octanol–water partition coefficient (Wildman–Crippen LogP) is 0.442. The first-order chi connectivity index (χ1) is 5.57. The van der Waals surface area contributed by atoms with Gasteiger partial charge in [-0.15, -0.1) is 0 Å². The van der Waals surface area contributed by atoms with Crippen molar-refractivity contribution >= 4 is 18.6 Å². The highest BCUT2D eigenvalue weighted by Gasteiger charge is 2.15. The molecule has 1 unspecified atom stereocenters. The molecule has 0 rings (SSSR count). The van der Waals surface area contributed by atoms with Crippen LogP contribution in [0.2, 0.25) is 0 Å². The van der Waals surface area contributed by atoms with E-state index in [0.29, 0.717) is 12.2 Å². The number of rotatable bonds is 5. The van der Waals surface area contributed by atoms with Crippen LogP contribution in [-0.4, -0.2) is 30.8 Å². The summed E-state index contributed by atoms with van der Waals surface area (Å²) in [6.45, 7) is -0.890. The molecule has 0 aliphatic carbocycles. The number of hydrogen-bond donors (Lipinski definition) is 2. The van der Waals surface area contributed by atoms with Crippen LogP contribution in [0.1, 0.15) is 6.42 Å². The van der Waals surface area contributed by atoms with Crippen LogP contribution < -0.4 is 5.73 Å². The minimum atomic E-state index is -2.64. The van der Waals surface area contributed by atoms with Gasteiger partial charge >= 0.3 is 5.97 Å². The summed E-state index contributed by atoms with van der Waals surface area (Å²) in [7, 11) is 0. The first-order valence-electron chi connectivity index (χ1n) is 3.39. The molecule has 0 aliphatic heterocycles. The van der Waals surface area contributed by atoms with E-state index in [4.69, 9.17) is 5.73 Å². The third-order valence-electron chi connectivity index (χ3n) is 1.09. The van der Waals surface area contributed by atoms with Crippen LogP contribution in [-0.2, 0) is 9.53 Å². The molecule has 0 saturated carbocycles. The highest BCUT2D eigenvalue weighted by atomic mass is 32.1. The molecular weight excluding hydrogens is 188 g/mol. The molecule has 0 bridgehead atoms. The summed E-state index contributed by atoms with van der Waals surface area (Å²) in [5.74, 6) is -0.380. The zero-order valence-electron chi connectivity index (χ0n) is 6.37. The van der Waals surface area contributed by atoms with Crippen molar-refractivity contribution in [1.82, 2.24) is 0 Å².